The molecule has 1 heterocycles. The Kier molecular flexibility index (Phi) is 10.6. The van der Waals surface area contributed by atoms with E-state index in [9.17, 15) is 4.79 Å². The molecule has 8 nitrogen and oxygen atoms in total. The number of carbonyl (C=O) groups is 1. The maximum atomic E-state index is 12.0. The SMILES string of the molecule is CC(C)(C)C(=O)OC[n+]1ccc(N(CCCCCCOc2ccc(Cl)cc2)C(N)=NC#N)cc1. The Labute approximate surface area is 206 Å². The molecule has 1 aromatic heterocycles. The van der Waals surface area contributed by atoms with Crippen molar-refractivity contribution in [1.82, 2.24) is 0 Å². The molecule has 0 bridgehead atoms. The Bertz CT molecular complexity index is 980. The van der Waals surface area contributed by atoms with Crippen LogP contribution >= 0.6 is 11.6 Å². The highest BCUT2D eigenvalue weighted by Gasteiger charge is 2.24. The molecule has 182 valence electrons. The molecule has 0 saturated carbocycles. The molecule has 0 spiro atoms. The molecule has 2 rings (SSSR count). The van der Waals surface area contributed by atoms with E-state index in [0.29, 0.717) is 18.2 Å². The van der Waals surface area contributed by atoms with Gasteiger partial charge in [-0.1, -0.05) is 24.4 Å². The molecule has 0 amide bonds. The summed E-state index contributed by atoms with van der Waals surface area (Å²) in [5, 5.41) is 9.61. The van der Waals surface area contributed by atoms with Gasteiger partial charge in [-0.3, -0.25) is 4.79 Å². The van der Waals surface area contributed by atoms with Gasteiger partial charge in [0.15, 0.2) is 12.4 Å². The lowest BCUT2D eigenvalue weighted by molar-refractivity contribution is -0.727. The van der Waals surface area contributed by atoms with Gasteiger partial charge >= 0.3 is 5.97 Å². The Morgan fingerprint density at radius 3 is 2.38 bits per heavy atom. The van der Waals surface area contributed by atoms with Gasteiger partial charge in [-0.2, -0.15) is 9.83 Å². The molecule has 9 heteroatoms. The lowest BCUT2D eigenvalue weighted by Gasteiger charge is -2.22. The number of nitrogens with zero attached hydrogens (tertiary/aromatic N) is 4. The smallest absolute Gasteiger partial charge is 0.316 e. The van der Waals surface area contributed by atoms with Gasteiger partial charge in [0.2, 0.25) is 12.2 Å². The summed E-state index contributed by atoms with van der Waals surface area (Å²) in [5.74, 6) is 0.686. The zero-order chi connectivity index (χ0) is 25.0. The first-order valence-electron chi connectivity index (χ1n) is 11.2. The summed E-state index contributed by atoms with van der Waals surface area (Å²) < 4.78 is 12.8. The molecule has 0 fully saturated rings. The Morgan fingerprint density at radius 1 is 1.12 bits per heavy atom. The van der Waals surface area contributed by atoms with E-state index in [4.69, 9.17) is 32.1 Å². The number of nitrogens with two attached hydrogens (primary N) is 1. The molecule has 2 N–H and O–H groups in total. The number of hydrogen-bond donors (Lipinski definition) is 1. The third-order valence-corrected chi connectivity index (χ3v) is 5.19. The van der Waals surface area contributed by atoms with Gasteiger partial charge in [0.25, 0.3) is 6.73 Å². The summed E-state index contributed by atoms with van der Waals surface area (Å²) in [7, 11) is 0. The average Bonchev–Trinajstić information content (AvgIpc) is 2.80. The van der Waals surface area contributed by atoms with Crippen LogP contribution in [0.3, 0.4) is 0 Å². The van der Waals surface area contributed by atoms with Gasteiger partial charge in [-0.25, -0.2) is 0 Å². The highest BCUT2D eigenvalue weighted by atomic mass is 35.5. The van der Waals surface area contributed by atoms with Crippen molar-refractivity contribution >= 4 is 29.2 Å². The third-order valence-electron chi connectivity index (χ3n) is 4.94. The number of nitriles is 1. The first-order valence-corrected chi connectivity index (χ1v) is 11.6. The fraction of sp³-hybridized carbons (Fsp3) is 0.440. The number of esters is 1. The largest absolute Gasteiger partial charge is 0.494 e. The summed E-state index contributed by atoms with van der Waals surface area (Å²) in [6, 6.07) is 11.0. The Morgan fingerprint density at radius 2 is 1.76 bits per heavy atom. The van der Waals surface area contributed by atoms with E-state index in [1.54, 1.807) is 28.1 Å². The fourth-order valence-corrected chi connectivity index (χ4v) is 3.13. The van der Waals surface area contributed by atoms with Gasteiger partial charge < -0.3 is 20.1 Å². The van der Waals surface area contributed by atoms with Crippen LogP contribution < -0.4 is 19.9 Å². The molecule has 0 aliphatic carbocycles. The molecule has 0 saturated heterocycles. The van der Waals surface area contributed by atoms with Crippen LogP contribution in [-0.2, 0) is 16.3 Å². The van der Waals surface area contributed by atoms with E-state index in [-0.39, 0.29) is 18.7 Å². The number of benzene rings is 1. The van der Waals surface area contributed by atoms with Crippen LogP contribution in [0.1, 0.15) is 46.5 Å². The molecule has 0 radical (unpaired) electrons. The summed E-state index contributed by atoms with van der Waals surface area (Å²) in [6.45, 7) is 6.82. The third kappa shape index (κ3) is 9.28. The van der Waals surface area contributed by atoms with E-state index in [2.05, 4.69) is 4.99 Å². The molecule has 0 atom stereocenters. The van der Waals surface area contributed by atoms with Crippen molar-refractivity contribution in [2.24, 2.45) is 16.1 Å². The number of rotatable bonds is 11. The number of anilines is 1. The molecule has 0 unspecified atom stereocenters. The number of aromatic nitrogens is 1. The van der Waals surface area contributed by atoms with Crippen LogP contribution in [0.15, 0.2) is 53.8 Å². The standard InChI is InChI=1S/C25H33ClN5O3/c1-25(2,3)23(32)34-19-30-15-12-21(13-16-30)31(24(28)29-18-27)14-6-4-5-7-17-33-22-10-8-20(26)9-11-22/h8-13,15-16H,4-7,14,17,19H2,1-3H3,(H2,28,29)/q+1. The Hall–Kier alpha value is -3.31. The van der Waals surface area contributed by atoms with Gasteiger partial charge in [-0.15, -0.1) is 4.99 Å². The topological polar surface area (TPSA) is 105 Å². The number of halogens is 1. The number of hydrogen-bond acceptors (Lipinski definition) is 5. The highest BCUT2D eigenvalue weighted by molar-refractivity contribution is 6.30. The lowest BCUT2D eigenvalue weighted by Crippen LogP contribution is -2.40. The van der Waals surface area contributed by atoms with Gasteiger partial charge in [-0.05, 0) is 57.9 Å². The Balaban J connectivity index is 1.82. The van der Waals surface area contributed by atoms with E-state index < -0.39 is 5.41 Å². The molecule has 1 aromatic carbocycles. The second-order valence-electron chi connectivity index (χ2n) is 8.82. The zero-order valence-corrected chi connectivity index (χ0v) is 20.8. The average molecular weight is 487 g/mol. The van der Waals surface area contributed by atoms with Crippen molar-refractivity contribution in [2.75, 3.05) is 18.1 Å². The van der Waals surface area contributed by atoms with E-state index in [0.717, 1.165) is 37.1 Å². The first-order chi connectivity index (χ1) is 16.2. The maximum absolute atomic E-state index is 12.0. The summed E-state index contributed by atoms with van der Waals surface area (Å²) in [5.41, 5.74) is 6.28. The van der Waals surface area contributed by atoms with Crippen LogP contribution in [0.25, 0.3) is 0 Å². The van der Waals surface area contributed by atoms with E-state index >= 15 is 0 Å². The molecule has 0 aliphatic rings. The predicted octanol–water partition coefficient (Wildman–Crippen LogP) is 4.42. The summed E-state index contributed by atoms with van der Waals surface area (Å²) in [6.07, 6.45) is 9.14. The lowest BCUT2D eigenvalue weighted by atomic mass is 9.98. The number of aliphatic imine (C=N–C) groups is 1. The van der Waals surface area contributed by atoms with Crippen LogP contribution in [0.4, 0.5) is 5.69 Å². The number of pyridine rings is 1. The van der Waals surface area contributed by atoms with Crippen molar-refractivity contribution in [1.29, 1.82) is 5.26 Å². The maximum Gasteiger partial charge on any atom is 0.316 e. The monoisotopic (exact) mass is 486 g/mol. The second-order valence-corrected chi connectivity index (χ2v) is 9.26. The molecular weight excluding hydrogens is 454 g/mol. The quantitative estimate of drug-likeness (QED) is 0.126. The number of ether oxygens (including phenoxy) is 2. The van der Waals surface area contributed by atoms with Gasteiger partial charge in [0, 0.05) is 23.7 Å². The predicted molar refractivity (Wildman–Crippen MR) is 132 cm³/mol. The highest BCUT2D eigenvalue weighted by Crippen LogP contribution is 2.17. The fourth-order valence-electron chi connectivity index (χ4n) is 3.00. The van der Waals surface area contributed by atoms with E-state index in [1.807, 2.05) is 57.2 Å². The van der Waals surface area contributed by atoms with Crippen molar-refractivity contribution in [3.8, 4) is 11.9 Å². The first kappa shape index (κ1) is 26.9. The minimum Gasteiger partial charge on any atom is -0.494 e. The van der Waals surface area contributed by atoms with Crippen molar-refractivity contribution in [3.63, 3.8) is 0 Å². The summed E-state index contributed by atoms with van der Waals surface area (Å²) in [4.78, 5) is 17.5. The van der Waals surface area contributed by atoms with Crippen molar-refractivity contribution in [2.45, 2.75) is 53.2 Å². The zero-order valence-electron chi connectivity index (χ0n) is 20.0. The van der Waals surface area contributed by atoms with Crippen molar-refractivity contribution in [3.05, 3.63) is 53.8 Å². The van der Waals surface area contributed by atoms with Crippen LogP contribution in [-0.4, -0.2) is 25.1 Å². The number of unbranched alkanes of at least 4 members (excludes halogenated alkanes) is 3. The number of carbonyl (C=O) groups excluding carboxylic acids is 1. The normalized spacial score (nSPS) is 11.6. The van der Waals surface area contributed by atoms with Crippen molar-refractivity contribution < 1.29 is 18.8 Å². The minimum absolute atomic E-state index is 0.121. The molecule has 0 aliphatic heterocycles. The van der Waals surface area contributed by atoms with Crippen LogP contribution in [0.2, 0.25) is 5.02 Å². The van der Waals surface area contributed by atoms with Gasteiger partial charge in [0.1, 0.15) is 5.75 Å². The van der Waals surface area contributed by atoms with Gasteiger partial charge in [0.05, 0.1) is 17.7 Å². The number of guanidine groups is 1. The second kappa shape index (κ2) is 13.4. The summed E-state index contributed by atoms with van der Waals surface area (Å²) >= 11 is 5.88. The molecular formula is C25H33ClN5O3+. The minimum atomic E-state index is -0.554. The van der Waals surface area contributed by atoms with E-state index in [1.165, 1.54) is 0 Å². The molecule has 2 aromatic rings. The van der Waals surface area contributed by atoms with Crippen LogP contribution in [0.5, 0.6) is 5.75 Å². The molecule has 34 heavy (non-hydrogen) atoms. The van der Waals surface area contributed by atoms with Crippen LogP contribution in [0, 0.1) is 16.9 Å².